The number of thiophene rings is 1. The van der Waals surface area contributed by atoms with Gasteiger partial charge in [-0.3, -0.25) is 14.2 Å². The average Bonchev–Trinajstić information content (AvgIpc) is 3.41. The van der Waals surface area contributed by atoms with Crippen molar-refractivity contribution in [2.24, 2.45) is 0 Å². The molecule has 0 aliphatic carbocycles. The minimum Gasteiger partial charge on any atom is -0.292 e. The lowest BCUT2D eigenvalue weighted by molar-refractivity contribution is -0.121. The fourth-order valence-corrected chi connectivity index (χ4v) is 5.30. The van der Waals surface area contributed by atoms with Crippen LogP contribution < -0.4 is 0 Å². The van der Waals surface area contributed by atoms with Gasteiger partial charge in [-0.1, -0.05) is 48.2 Å². The molecule has 1 fully saturated rings. The van der Waals surface area contributed by atoms with Crippen molar-refractivity contribution >= 4 is 61.7 Å². The summed E-state index contributed by atoms with van der Waals surface area (Å²) in [7, 11) is -4.19. The smallest absolute Gasteiger partial charge is 0.266 e. The molecule has 11 heteroatoms. The number of thiocarbonyl (C=S) groups is 1. The molecule has 0 spiro atoms. The van der Waals surface area contributed by atoms with Gasteiger partial charge in [-0.15, -0.1) is 11.3 Å². The maximum atomic E-state index is 12.8. The molecule has 2 aromatic heterocycles. The number of carbonyl (C=O) groups is 1. The maximum Gasteiger partial charge on any atom is 0.266 e. The van der Waals surface area contributed by atoms with Crippen LogP contribution in [0.5, 0.6) is 0 Å². The fraction of sp³-hybridized carbons (Fsp3) is 0.105. The SMILES string of the molecule is O=C1/C(=C/c2cn(-c3ccccc3)nc2-c2cccs2)SC(=S)N1CCS(=O)(=O)O. The van der Waals surface area contributed by atoms with Crippen molar-refractivity contribution < 1.29 is 17.8 Å². The van der Waals surface area contributed by atoms with E-state index in [1.54, 1.807) is 22.1 Å². The van der Waals surface area contributed by atoms with Crippen LogP contribution in [-0.2, 0) is 14.9 Å². The predicted octanol–water partition coefficient (Wildman–Crippen LogP) is 3.69. The summed E-state index contributed by atoms with van der Waals surface area (Å²) >= 11 is 7.86. The summed E-state index contributed by atoms with van der Waals surface area (Å²) in [6, 6.07) is 13.5. The zero-order valence-corrected chi connectivity index (χ0v) is 18.6. The average molecular weight is 478 g/mol. The lowest BCUT2D eigenvalue weighted by atomic mass is 10.2. The molecule has 0 bridgehead atoms. The van der Waals surface area contributed by atoms with Crippen LogP contribution in [0.3, 0.4) is 0 Å². The zero-order chi connectivity index (χ0) is 21.3. The third kappa shape index (κ3) is 4.55. The Morgan fingerprint density at radius 3 is 2.60 bits per heavy atom. The quantitative estimate of drug-likeness (QED) is 0.329. The first-order valence-corrected chi connectivity index (χ1v) is 12.4. The Hall–Kier alpha value is -2.31. The second-order valence-corrected chi connectivity index (χ2v) is 10.5. The Balaban J connectivity index is 1.70. The van der Waals surface area contributed by atoms with E-state index < -0.39 is 21.8 Å². The van der Waals surface area contributed by atoms with Gasteiger partial charge >= 0.3 is 0 Å². The van der Waals surface area contributed by atoms with Crippen molar-refractivity contribution in [2.45, 2.75) is 0 Å². The molecule has 1 saturated heterocycles. The topological polar surface area (TPSA) is 92.5 Å². The third-order valence-electron chi connectivity index (χ3n) is 4.25. The highest BCUT2D eigenvalue weighted by Gasteiger charge is 2.33. The van der Waals surface area contributed by atoms with Gasteiger partial charge in [-0.25, -0.2) is 4.68 Å². The minimum absolute atomic E-state index is 0.193. The van der Waals surface area contributed by atoms with E-state index in [-0.39, 0.29) is 10.9 Å². The van der Waals surface area contributed by atoms with E-state index in [4.69, 9.17) is 21.9 Å². The van der Waals surface area contributed by atoms with Crippen LogP contribution in [0.2, 0.25) is 0 Å². The van der Waals surface area contributed by atoms with Crippen LogP contribution in [0.15, 0.2) is 58.9 Å². The molecule has 1 aliphatic heterocycles. The summed E-state index contributed by atoms with van der Waals surface area (Å²) in [6.07, 6.45) is 3.56. The number of hydrogen-bond donors (Lipinski definition) is 1. The van der Waals surface area contributed by atoms with Crippen molar-refractivity contribution in [3.05, 3.63) is 64.5 Å². The molecule has 0 unspecified atom stereocenters. The minimum atomic E-state index is -4.19. The Kier molecular flexibility index (Phi) is 5.89. The van der Waals surface area contributed by atoms with E-state index >= 15 is 0 Å². The Labute approximate surface area is 186 Å². The molecular weight excluding hydrogens is 462 g/mol. The molecule has 3 heterocycles. The van der Waals surface area contributed by atoms with Gasteiger partial charge in [-0.05, 0) is 29.7 Å². The molecule has 0 saturated carbocycles. The molecule has 7 nitrogen and oxygen atoms in total. The number of hydrogen-bond acceptors (Lipinski definition) is 7. The van der Waals surface area contributed by atoms with Gasteiger partial charge in [0.2, 0.25) is 0 Å². The van der Waals surface area contributed by atoms with Crippen molar-refractivity contribution in [1.82, 2.24) is 14.7 Å². The molecule has 1 aromatic carbocycles. The van der Waals surface area contributed by atoms with Crippen LogP contribution in [-0.4, -0.2) is 50.2 Å². The van der Waals surface area contributed by atoms with Gasteiger partial charge in [-0.2, -0.15) is 13.5 Å². The second kappa shape index (κ2) is 8.44. The molecule has 30 heavy (non-hydrogen) atoms. The first kappa shape index (κ1) is 20.9. The summed E-state index contributed by atoms with van der Waals surface area (Å²) in [5, 5.41) is 6.65. The van der Waals surface area contributed by atoms with Crippen LogP contribution in [0.4, 0.5) is 0 Å². The maximum absolute atomic E-state index is 12.8. The standard InChI is InChI=1S/C19H15N3O4S4/c23-18-16(29-19(27)21(18)8-10-30(24,25)26)11-13-12-22(14-5-2-1-3-6-14)20-17(13)15-7-4-9-28-15/h1-7,9,11-12H,8,10H2,(H,24,25,26)/b16-11-. The van der Waals surface area contributed by atoms with Gasteiger partial charge in [0, 0.05) is 18.3 Å². The van der Waals surface area contributed by atoms with E-state index in [9.17, 15) is 13.2 Å². The van der Waals surface area contributed by atoms with E-state index in [1.165, 1.54) is 4.90 Å². The van der Waals surface area contributed by atoms with Crippen LogP contribution in [0.1, 0.15) is 5.56 Å². The summed E-state index contributed by atoms with van der Waals surface area (Å²) in [5.41, 5.74) is 2.37. The number of carbonyl (C=O) groups excluding carboxylic acids is 1. The number of para-hydroxylation sites is 1. The lowest BCUT2D eigenvalue weighted by Crippen LogP contribution is -2.32. The largest absolute Gasteiger partial charge is 0.292 e. The van der Waals surface area contributed by atoms with Gasteiger partial charge in [0.05, 0.1) is 21.2 Å². The molecular formula is C19H15N3O4S4. The molecule has 3 aromatic rings. The highest BCUT2D eigenvalue weighted by molar-refractivity contribution is 8.26. The predicted molar refractivity (Wildman–Crippen MR) is 123 cm³/mol. The van der Waals surface area contributed by atoms with E-state index in [0.29, 0.717) is 4.91 Å². The van der Waals surface area contributed by atoms with Gasteiger partial charge in [0.1, 0.15) is 10.0 Å². The molecule has 0 atom stereocenters. The number of benzene rings is 1. The monoisotopic (exact) mass is 477 g/mol. The molecule has 1 amide bonds. The van der Waals surface area contributed by atoms with Crippen LogP contribution in [0.25, 0.3) is 22.3 Å². The van der Waals surface area contributed by atoms with Crippen LogP contribution in [0, 0.1) is 0 Å². The van der Waals surface area contributed by atoms with Crippen molar-refractivity contribution in [3.63, 3.8) is 0 Å². The molecule has 4 rings (SSSR count). The summed E-state index contributed by atoms with van der Waals surface area (Å²) in [4.78, 5) is 15.3. The third-order valence-corrected chi connectivity index (χ3v) is 7.20. The lowest BCUT2D eigenvalue weighted by Gasteiger charge is -2.12. The van der Waals surface area contributed by atoms with Gasteiger partial charge in [0.25, 0.3) is 16.0 Å². The molecule has 154 valence electrons. The number of amides is 1. The van der Waals surface area contributed by atoms with Crippen molar-refractivity contribution in [2.75, 3.05) is 12.3 Å². The first-order valence-electron chi connectivity index (χ1n) is 8.71. The number of nitrogens with zero attached hydrogens (tertiary/aromatic N) is 3. The van der Waals surface area contributed by atoms with E-state index in [1.807, 2.05) is 54.0 Å². The number of thioether (sulfide) groups is 1. The van der Waals surface area contributed by atoms with Gasteiger partial charge in [0.15, 0.2) is 0 Å². The molecule has 1 aliphatic rings. The second-order valence-electron chi connectivity index (χ2n) is 6.31. The first-order chi connectivity index (χ1) is 14.3. The fourth-order valence-electron chi connectivity index (χ4n) is 2.85. The summed E-state index contributed by atoms with van der Waals surface area (Å²) < 4.78 is 33.0. The van der Waals surface area contributed by atoms with Crippen molar-refractivity contribution in [3.8, 4) is 16.3 Å². The van der Waals surface area contributed by atoms with Crippen molar-refractivity contribution in [1.29, 1.82) is 0 Å². The Morgan fingerprint density at radius 2 is 1.93 bits per heavy atom. The number of rotatable bonds is 6. The highest BCUT2D eigenvalue weighted by atomic mass is 32.2. The normalized spacial score (nSPS) is 16.0. The molecule has 0 radical (unpaired) electrons. The highest BCUT2D eigenvalue weighted by Crippen LogP contribution is 2.35. The zero-order valence-electron chi connectivity index (χ0n) is 15.3. The number of aromatic nitrogens is 2. The van der Waals surface area contributed by atoms with Crippen LogP contribution >= 0.6 is 35.3 Å². The Morgan fingerprint density at radius 1 is 1.17 bits per heavy atom. The molecule has 1 N–H and O–H groups in total. The summed E-state index contributed by atoms with van der Waals surface area (Å²) in [6.45, 7) is -0.193. The van der Waals surface area contributed by atoms with Gasteiger partial charge < -0.3 is 0 Å². The van der Waals surface area contributed by atoms with E-state index in [0.717, 1.165) is 33.6 Å². The summed E-state index contributed by atoms with van der Waals surface area (Å²) in [5.74, 6) is -0.961. The van der Waals surface area contributed by atoms with E-state index in [2.05, 4.69) is 0 Å². The Bertz CT molecular complexity index is 1230.